The molecule has 29 heavy (non-hydrogen) atoms. The second-order valence-electron chi connectivity index (χ2n) is 7.82. The number of carbonyl (C=O) groups is 2. The third kappa shape index (κ3) is 6.16. The minimum absolute atomic E-state index is 0.0528. The molecule has 3 rings (SSSR count). The van der Waals surface area contributed by atoms with Crippen molar-refractivity contribution in [1.82, 2.24) is 15.1 Å². The van der Waals surface area contributed by atoms with E-state index in [4.69, 9.17) is 0 Å². The van der Waals surface area contributed by atoms with E-state index in [1.165, 1.54) is 11.1 Å². The lowest BCUT2D eigenvalue weighted by atomic mass is 10.1. The largest absolute Gasteiger partial charge is 0.355 e. The third-order valence-electron chi connectivity index (χ3n) is 5.49. The highest BCUT2D eigenvalue weighted by Crippen LogP contribution is 2.11. The summed E-state index contributed by atoms with van der Waals surface area (Å²) in [6.45, 7) is 8.08. The van der Waals surface area contributed by atoms with Gasteiger partial charge in [0.1, 0.15) is 0 Å². The fourth-order valence-electron chi connectivity index (χ4n) is 3.78. The lowest BCUT2D eigenvalue weighted by Gasteiger charge is -2.22. The highest BCUT2D eigenvalue weighted by atomic mass is 16.2. The maximum absolute atomic E-state index is 12.8. The monoisotopic (exact) mass is 393 g/mol. The number of rotatable bonds is 6. The second kappa shape index (κ2) is 10.2. The zero-order chi connectivity index (χ0) is 20.6. The van der Waals surface area contributed by atoms with E-state index in [1.807, 2.05) is 48.2 Å². The molecule has 0 aliphatic carbocycles. The highest BCUT2D eigenvalue weighted by molar-refractivity contribution is 5.94. The quantitative estimate of drug-likeness (QED) is 0.821. The maximum Gasteiger partial charge on any atom is 0.253 e. The third-order valence-corrected chi connectivity index (χ3v) is 5.49. The number of hydrogen-bond donors (Lipinski definition) is 1. The first-order chi connectivity index (χ1) is 14.0. The first-order valence-corrected chi connectivity index (χ1v) is 10.4. The molecule has 0 bridgehead atoms. The topological polar surface area (TPSA) is 52.7 Å². The van der Waals surface area contributed by atoms with Gasteiger partial charge in [-0.05, 0) is 49.9 Å². The Morgan fingerprint density at radius 3 is 2.59 bits per heavy atom. The van der Waals surface area contributed by atoms with Crippen molar-refractivity contribution in [1.29, 1.82) is 0 Å². The summed E-state index contributed by atoms with van der Waals surface area (Å²) in [4.78, 5) is 29.2. The van der Waals surface area contributed by atoms with E-state index in [1.54, 1.807) is 0 Å². The molecule has 1 aliphatic rings. The Labute approximate surface area is 173 Å². The van der Waals surface area contributed by atoms with Crippen molar-refractivity contribution >= 4 is 11.8 Å². The Morgan fingerprint density at radius 1 is 0.966 bits per heavy atom. The molecule has 1 saturated heterocycles. The molecule has 154 valence electrons. The van der Waals surface area contributed by atoms with Gasteiger partial charge in [0.25, 0.3) is 5.91 Å². The molecule has 5 heteroatoms. The van der Waals surface area contributed by atoms with Crippen molar-refractivity contribution in [3.05, 3.63) is 70.8 Å². The van der Waals surface area contributed by atoms with Gasteiger partial charge in [0, 0.05) is 38.3 Å². The predicted molar refractivity (Wildman–Crippen MR) is 116 cm³/mol. The van der Waals surface area contributed by atoms with Crippen LogP contribution in [-0.2, 0) is 11.2 Å². The molecule has 0 spiro atoms. The zero-order valence-corrected chi connectivity index (χ0v) is 17.5. The van der Waals surface area contributed by atoms with E-state index < -0.39 is 0 Å². The zero-order valence-electron chi connectivity index (χ0n) is 17.5. The fraction of sp³-hybridized carbons (Fsp3) is 0.417. The van der Waals surface area contributed by atoms with Crippen molar-refractivity contribution in [2.75, 3.05) is 39.3 Å². The Hall–Kier alpha value is -2.66. The van der Waals surface area contributed by atoms with E-state index in [9.17, 15) is 9.59 Å². The van der Waals surface area contributed by atoms with Gasteiger partial charge >= 0.3 is 0 Å². The fourth-order valence-corrected chi connectivity index (χ4v) is 3.78. The summed E-state index contributed by atoms with van der Waals surface area (Å²) in [5.74, 6) is 0.135. The standard InChI is InChI=1S/C24H31N3O2/c1-19-7-5-10-22(17-19)24(29)27-14-6-13-26(15-16-27)18-23(28)25-12-11-21-9-4-3-8-20(21)2/h3-5,7-10,17H,6,11-16,18H2,1-2H3,(H,25,28). The van der Waals surface area contributed by atoms with Gasteiger partial charge in [0.15, 0.2) is 0 Å². The van der Waals surface area contributed by atoms with Gasteiger partial charge in [-0.2, -0.15) is 0 Å². The van der Waals surface area contributed by atoms with Crippen LogP contribution < -0.4 is 5.32 Å². The number of nitrogens with zero attached hydrogens (tertiary/aromatic N) is 2. The molecule has 5 nitrogen and oxygen atoms in total. The Balaban J connectivity index is 1.44. The van der Waals surface area contributed by atoms with Gasteiger partial charge in [0.05, 0.1) is 6.54 Å². The normalized spacial score (nSPS) is 15.0. The smallest absolute Gasteiger partial charge is 0.253 e. The molecule has 1 heterocycles. The molecule has 0 saturated carbocycles. The summed E-state index contributed by atoms with van der Waals surface area (Å²) in [6.07, 6.45) is 1.73. The van der Waals surface area contributed by atoms with Crippen molar-refractivity contribution in [2.24, 2.45) is 0 Å². The second-order valence-corrected chi connectivity index (χ2v) is 7.82. The first kappa shape index (κ1) is 21.1. The molecular formula is C24H31N3O2. The summed E-state index contributed by atoms with van der Waals surface area (Å²) in [6, 6.07) is 16.0. The molecular weight excluding hydrogens is 362 g/mol. The highest BCUT2D eigenvalue weighted by Gasteiger charge is 2.21. The SMILES string of the molecule is Cc1cccc(C(=O)N2CCCN(CC(=O)NCCc3ccccc3C)CC2)c1. The number of amides is 2. The van der Waals surface area contributed by atoms with Crippen LogP contribution in [0.2, 0.25) is 0 Å². The summed E-state index contributed by atoms with van der Waals surface area (Å²) in [7, 11) is 0. The van der Waals surface area contributed by atoms with Gasteiger partial charge < -0.3 is 10.2 Å². The van der Waals surface area contributed by atoms with E-state index in [0.29, 0.717) is 19.6 Å². The van der Waals surface area contributed by atoms with Crippen LogP contribution in [0.25, 0.3) is 0 Å². The number of nitrogens with one attached hydrogen (secondary N) is 1. The van der Waals surface area contributed by atoms with Crippen LogP contribution in [0.3, 0.4) is 0 Å². The summed E-state index contributed by atoms with van der Waals surface area (Å²) >= 11 is 0. The molecule has 2 aromatic carbocycles. The minimum Gasteiger partial charge on any atom is -0.355 e. The van der Waals surface area contributed by atoms with E-state index in [0.717, 1.165) is 43.6 Å². The van der Waals surface area contributed by atoms with Crippen LogP contribution in [0.1, 0.15) is 33.5 Å². The summed E-state index contributed by atoms with van der Waals surface area (Å²) in [5.41, 5.74) is 4.36. The summed E-state index contributed by atoms with van der Waals surface area (Å²) < 4.78 is 0. The first-order valence-electron chi connectivity index (χ1n) is 10.4. The molecule has 1 fully saturated rings. The molecule has 1 aliphatic heterocycles. The van der Waals surface area contributed by atoms with Gasteiger partial charge in [-0.1, -0.05) is 42.0 Å². The minimum atomic E-state index is 0.0528. The Kier molecular flexibility index (Phi) is 7.42. The van der Waals surface area contributed by atoms with Crippen molar-refractivity contribution in [3.63, 3.8) is 0 Å². The summed E-state index contributed by atoms with van der Waals surface area (Å²) in [5, 5.41) is 3.03. The number of hydrogen-bond acceptors (Lipinski definition) is 3. The Morgan fingerprint density at radius 2 is 1.79 bits per heavy atom. The van der Waals surface area contributed by atoms with Crippen LogP contribution in [0.5, 0.6) is 0 Å². The van der Waals surface area contributed by atoms with Crippen molar-refractivity contribution < 1.29 is 9.59 Å². The number of aryl methyl sites for hydroxylation is 2. The number of benzene rings is 2. The van der Waals surface area contributed by atoms with Crippen LogP contribution in [-0.4, -0.2) is 60.9 Å². The van der Waals surface area contributed by atoms with Crippen molar-refractivity contribution in [2.45, 2.75) is 26.7 Å². The molecule has 0 aromatic heterocycles. The van der Waals surface area contributed by atoms with Crippen LogP contribution in [0, 0.1) is 13.8 Å². The molecule has 2 amide bonds. The molecule has 0 unspecified atom stereocenters. The van der Waals surface area contributed by atoms with Gasteiger partial charge in [-0.3, -0.25) is 14.5 Å². The predicted octanol–water partition coefficient (Wildman–Crippen LogP) is 2.81. The molecule has 0 radical (unpaired) electrons. The van der Waals surface area contributed by atoms with Crippen LogP contribution in [0.4, 0.5) is 0 Å². The maximum atomic E-state index is 12.8. The molecule has 1 N–H and O–H groups in total. The van der Waals surface area contributed by atoms with Crippen LogP contribution in [0.15, 0.2) is 48.5 Å². The van der Waals surface area contributed by atoms with Gasteiger partial charge in [-0.25, -0.2) is 0 Å². The number of carbonyl (C=O) groups excluding carboxylic acids is 2. The molecule has 0 atom stereocenters. The lowest BCUT2D eigenvalue weighted by molar-refractivity contribution is -0.122. The average molecular weight is 394 g/mol. The van der Waals surface area contributed by atoms with Crippen LogP contribution >= 0.6 is 0 Å². The van der Waals surface area contributed by atoms with E-state index in [-0.39, 0.29) is 11.8 Å². The average Bonchev–Trinajstić information content (AvgIpc) is 2.94. The van der Waals surface area contributed by atoms with Crippen molar-refractivity contribution in [3.8, 4) is 0 Å². The van der Waals surface area contributed by atoms with Gasteiger partial charge in [-0.15, -0.1) is 0 Å². The van der Waals surface area contributed by atoms with E-state index >= 15 is 0 Å². The lowest BCUT2D eigenvalue weighted by Crippen LogP contribution is -2.40. The van der Waals surface area contributed by atoms with Gasteiger partial charge in [0.2, 0.25) is 5.91 Å². The molecule has 2 aromatic rings. The van der Waals surface area contributed by atoms with E-state index in [2.05, 4.69) is 29.3 Å². The Bertz CT molecular complexity index is 850.